The Bertz CT molecular complexity index is 195. The summed E-state index contributed by atoms with van der Waals surface area (Å²) in [5.41, 5.74) is 0. The van der Waals surface area contributed by atoms with E-state index in [1.807, 2.05) is 0 Å². The number of carbonyl (C=O) groups excluding carboxylic acids is 1. The molecule has 0 amide bonds. The fraction of sp³-hybridized carbons (Fsp3) is 0.750. The van der Waals surface area contributed by atoms with Crippen molar-refractivity contribution in [3.05, 3.63) is 0 Å². The smallest absolute Gasteiger partial charge is 0.161 e. The highest BCUT2D eigenvalue weighted by atomic mass is 16.5. The molecular weight excluding hydrogens is 142 g/mol. The molecule has 1 aliphatic carbocycles. The first-order valence-electron chi connectivity index (χ1n) is 3.73. The molecule has 1 aliphatic rings. The standard InChI is InChI=1S/C8H11NO2/c1-11-8-4-6(5-9)2-3-7(8)10/h6,8H,2-4H2,1H3. The Kier molecular flexibility index (Phi) is 2.61. The first-order chi connectivity index (χ1) is 5.27. The van der Waals surface area contributed by atoms with E-state index < -0.39 is 0 Å². The van der Waals surface area contributed by atoms with Gasteiger partial charge in [0.05, 0.1) is 6.07 Å². The van der Waals surface area contributed by atoms with Gasteiger partial charge in [-0.2, -0.15) is 5.26 Å². The number of rotatable bonds is 1. The van der Waals surface area contributed by atoms with Crippen LogP contribution in [-0.4, -0.2) is 19.0 Å². The molecule has 0 aliphatic heterocycles. The molecule has 60 valence electrons. The zero-order valence-corrected chi connectivity index (χ0v) is 6.54. The van der Waals surface area contributed by atoms with Crippen molar-refractivity contribution in [2.45, 2.75) is 25.4 Å². The molecule has 11 heavy (non-hydrogen) atoms. The van der Waals surface area contributed by atoms with Crippen molar-refractivity contribution < 1.29 is 9.53 Å². The third-order valence-electron chi connectivity index (χ3n) is 2.06. The van der Waals surface area contributed by atoms with Crippen LogP contribution in [0.3, 0.4) is 0 Å². The van der Waals surface area contributed by atoms with Crippen LogP contribution in [0.5, 0.6) is 0 Å². The summed E-state index contributed by atoms with van der Waals surface area (Å²) in [7, 11) is 1.52. The van der Waals surface area contributed by atoms with E-state index in [1.54, 1.807) is 0 Å². The normalized spacial score (nSPS) is 31.5. The maximum Gasteiger partial charge on any atom is 0.161 e. The SMILES string of the molecule is COC1CC(C#N)CCC1=O. The molecule has 1 saturated carbocycles. The second-order valence-electron chi connectivity index (χ2n) is 2.79. The summed E-state index contributed by atoms with van der Waals surface area (Å²) in [6, 6.07) is 2.16. The topological polar surface area (TPSA) is 50.1 Å². The number of ether oxygens (including phenoxy) is 1. The van der Waals surface area contributed by atoms with Crippen LogP contribution >= 0.6 is 0 Å². The van der Waals surface area contributed by atoms with Crippen LogP contribution < -0.4 is 0 Å². The number of nitrogens with zero attached hydrogens (tertiary/aromatic N) is 1. The predicted molar refractivity (Wildman–Crippen MR) is 38.8 cm³/mol. The van der Waals surface area contributed by atoms with E-state index in [4.69, 9.17) is 10.00 Å². The fourth-order valence-electron chi connectivity index (χ4n) is 1.33. The zero-order chi connectivity index (χ0) is 8.27. The highest BCUT2D eigenvalue weighted by molar-refractivity contribution is 5.83. The molecule has 0 aromatic carbocycles. The van der Waals surface area contributed by atoms with Crippen molar-refractivity contribution >= 4 is 5.78 Å². The Morgan fingerprint density at radius 1 is 1.73 bits per heavy atom. The van der Waals surface area contributed by atoms with Gasteiger partial charge in [0, 0.05) is 19.4 Å². The van der Waals surface area contributed by atoms with Gasteiger partial charge in [0.1, 0.15) is 6.10 Å². The third-order valence-corrected chi connectivity index (χ3v) is 2.06. The third kappa shape index (κ3) is 1.78. The minimum atomic E-state index is -0.326. The van der Waals surface area contributed by atoms with Crippen LogP contribution in [0.15, 0.2) is 0 Å². The average Bonchev–Trinajstić information content (AvgIpc) is 2.05. The van der Waals surface area contributed by atoms with Crippen molar-refractivity contribution in [3.8, 4) is 6.07 Å². The first kappa shape index (κ1) is 8.22. The van der Waals surface area contributed by atoms with E-state index in [1.165, 1.54) is 7.11 Å². The van der Waals surface area contributed by atoms with Crippen molar-refractivity contribution in [1.82, 2.24) is 0 Å². The minimum absolute atomic E-state index is 0.0117. The minimum Gasteiger partial charge on any atom is -0.374 e. The first-order valence-corrected chi connectivity index (χ1v) is 3.73. The summed E-state index contributed by atoms with van der Waals surface area (Å²) in [6.07, 6.45) is 1.45. The Morgan fingerprint density at radius 3 is 3.00 bits per heavy atom. The molecule has 0 radical (unpaired) electrons. The number of carbonyl (C=O) groups is 1. The monoisotopic (exact) mass is 153 g/mol. The van der Waals surface area contributed by atoms with Crippen molar-refractivity contribution in [3.63, 3.8) is 0 Å². The molecule has 3 heteroatoms. The summed E-state index contributed by atoms with van der Waals surface area (Å²) < 4.78 is 4.93. The summed E-state index contributed by atoms with van der Waals surface area (Å²) in [5, 5.41) is 8.57. The second-order valence-corrected chi connectivity index (χ2v) is 2.79. The lowest BCUT2D eigenvalue weighted by Gasteiger charge is -2.22. The lowest BCUT2D eigenvalue weighted by molar-refractivity contribution is -0.132. The molecule has 1 rings (SSSR count). The Hall–Kier alpha value is -0.880. The van der Waals surface area contributed by atoms with Gasteiger partial charge in [-0.25, -0.2) is 0 Å². The van der Waals surface area contributed by atoms with E-state index in [2.05, 4.69) is 6.07 Å². The van der Waals surface area contributed by atoms with E-state index in [0.29, 0.717) is 19.3 Å². The Labute approximate surface area is 66.0 Å². The second kappa shape index (κ2) is 3.49. The molecular formula is C8H11NO2. The quantitative estimate of drug-likeness (QED) is 0.562. The highest BCUT2D eigenvalue weighted by Gasteiger charge is 2.28. The summed E-state index contributed by atoms with van der Waals surface area (Å²) >= 11 is 0. The van der Waals surface area contributed by atoms with Gasteiger partial charge < -0.3 is 4.74 Å². The predicted octanol–water partition coefficient (Wildman–Crippen LogP) is 0.894. The lowest BCUT2D eigenvalue weighted by Crippen LogP contribution is -2.30. The summed E-state index contributed by atoms with van der Waals surface area (Å²) in [6.45, 7) is 0. The molecule has 0 aromatic heterocycles. The van der Waals surface area contributed by atoms with Gasteiger partial charge in [0.25, 0.3) is 0 Å². The van der Waals surface area contributed by atoms with Gasteiger partial charge in [-0.05, 0) is 12.8 Å². The zero-order valence-electron chi connectivity index (χ0n) is 6.54. The van der Waals surface area contributed by atoms with Crippen LogP contribution in [0.2, 0.25) is 0 Å². The number of Topliss-reactive ketones (excluding diaryl/α,β-unsaturated/α-hetero) is 1. The van der Waals surface area contributed by atoms with E-state index in [-0.39, 0.29) is 17.8 Å². The van der Waals surface area contributed by atoms with Crippen LogP contribution in [0.4, 0.5) is 0 Å². The van der Waals surface area contributed by atoms with Crippen molar-refractivity contribution in [2.75, 3.05) is 7.11 Å². The fourth-order valence-corrected chi connectivity index (χ4v) is 1.33. The van der Waals surface area contributed by atoms with E-state index in [0.717, 1.165) is 0 Å². The van der Waals surface area contributed by atoms with Crippen molar-refractivity contribution in [2.24, 2.45) is 5.92 Å². The molecule has 0 saturated heterocycles. The number of hydrogen-bond acceptors (Lipinski definition) is 3. The van der Waals surface area contributed by atoms with Crippen LogP contribution in [0.25, 0.3) is 0 Å². The van der Waals surface area contributed by atoms with Gasteiger partial charge >= 0.3 is 0 Å². The number of hydrogen-bond donors (Lipinski definition) is 0. The van der Waals surface area contributed by atoms with Gasteiger partial charge in [0.2, 0.25) is 0 Å². The molecule has 1 fully saturated rings. The lowest BCUT2D eigenvalue weighted by atomic mass is 9.87. The summed E-state index contributed by atoms with van der Waals surface area (Å²) in [4.78, 5) is 11.1. The molecule has 0 N–H and O–H groups in total. The van der Waals surface area contributed by atoms with Gasteiger partial charge in [-0.15, -0.1) is 0 Å². The molecule has 0 heterocycles. The van der Waals surface area contributed by atoms with Gasteiger partial charge in [-0.1, -0.05) is 0 Å². The Morgan fingerprint density at radius 2 is 2.45 bits per heavy atom. The maximum absolute atomic E-state index is 11.1. The van der Waals surface area contributed by atoms with Crippen LogP contribution in [0, 0.1) is 17.2 Å². The molecule has 0 bridgehead atoms. The van der Waals surface area contributed by atoms with Crippen LogP contribution in [0.1, 0.15) is 19.3 Å². The van der Waals surface area contributed by atoms with Crippen LogP contribution in [-0.2, 0) is 9.53 Å². The maximum atomic E-state index is 11.1. The molecule has 2 atom stereocenters. The average molecular weight is 153 g/mol. The number of methoxy groups -OCH3 is 1. The number of ketones is 1. The van der Waals surface area contributed by atoms with E-state index >= 15 is 0 Å². The molecule has 3 nitrogen and oxygen atoms in total. The Balaban J connectivity index is 2.52. The summed E-state index contributed by atoms with van der Waals surface area (Å²) in [5.74, 6) is 0.150. The number of nitriles is 1. The van der Waals surface area contributed by atoms with Gasteiger partial charge in [-0.3, -0.25) is 4.79 Å². The van der Waals surface area contributed by atoms with Gasteiger partial charge in [0.15, 0.2) is 5.78 Å². The molecule has 0 aromatic rings. The van der Waals surface area contributed by atoms with Crippen molar-refractivity contribution in [1.29, 1.82) is 5.26 Å². The highest BCUT2D eigenvalue weighted by Crippen LogP contribution is 2.22. The molecule has 0 spiro atoms. The largest absolute Gasteiger partial charge is 0.374 e. The van der Waals surface area contributed by atoms with E-state index in [9.17, 15) is 4.79 Å². The molecule has 2 unspecified atom stereocenters.